The molecule has 3 heterocycles. The van der Waals surface area contributed by atoms with E-state index in [9.17, 15) is 4.79 Å². The van der Waals surface area contributed by atoms with Crippen molar-refractivity contribution >= 4 is 23.3 Å². The van der Waals surface area contributed by atoms with Crippen LogP contribution in [0.2, 0.25) is 5.15 Å². The first-order chi connectivity index (χ1) is 13.6. The largest absolute Gasteiger partial charge is 0.493 e. The first kappa shape index (κ1) is 18.4. The van der Waals surface area contributed by atoms with Gasteiger partial charge in [0, 0.05) is 23.5 Å². The maximum absolute atomic E-state index is 12.5. The van der Waals surface area contributed by atoms with Crippen LogP contribution in [0.25, 0.3) is 5.82 Å². The average molecular weight is 398 g/mol. The number of aromatic nitrogens is 4. The normalized spacial score (nSPS) is 15.8. The molecule has 1 unspecified atom stereocenters. The Hall–Kier alpha value is -2.93. The molecule has 1 aromatic carbocycles. The zero-order valence-electron chi connectivity index (χ0n) is 15.6. The van der Waals surface area contributed by atoms with E-state index in [4.69, 9.17) is 16.3 Å². The van der Waals surface area contributed by atoms with E-state index < -0.39 is 0 Å². The molecule has 1 aliphatic rings. The van der Waals surface area contributed by atoms with Gasteiger partial charge in [0.25, 0.3) is 0 Å². The number of para-hydroxylation sites is 1. The highest BCUT2D eigenvalue weighted by Gasteiger charge is 2.34. The van der Waals surface area contributed by atoms with Gasteiger partial charge < -0.3 is 10.1 Å². The summed E-state index contributed by atoms with van der Waals surface area (Å²) in [6.45, 7) is 4.62. The van der Waals surface area contributed by atoms with E-state index in [1.165, 1.54) is 0 Å². The third-order valence-electron chi connectivity index (χ3n) is 4.69. The Morgan fingerprint density at radius 1 is 1.25 bits per heavy atom. The first-order valence-corrected chi connectivity index (χ1v) is 9.57. The number of anilines is 1. The molecule has 1 atom stereocenters. The van der Waals surface area contributed by atoms with Crippen LogP contribution in [-0.2, 0) is 4.79 Å². The van der Waals surface area contributed by atoms with Crippen molar-refractivity contribution in [2.75, 3.05) is 11.9 Å². The van der Waals surface area contributed by atoms with Crippen LogP contribution >= 0.6 is 11.6 Å². The second-order valence-corrected chi connectivity index (χ2v) is 7.05. The third kappa shape index (κ3) is 3.33. The Balaban J connectivity index is 1.83. The Kier molecular flexibility index (Phi) is 5.00. The van der Waals surface area contributed by atoms with Crippen molar-refractivity contribution in [2.24, 2.45) is 0 Å². The molecule has 0 aliphatic carbocycles. The fraction of sp³-hybridized carbons (Fsp3) is 0.300. The number of carbonyl (C=O) groups is 1. The fourth-order valence-corrected chi connectivity index (χ4v) is 3.61. The number of carbonyl (C=O) groups excluding carboxylic acids is 1. The van der Waals surface area contributed by atoms with Crippen LogP contribution in [0.5, 0.6) is 5.75 Å². The fourth-order valence-electron chi connectivity index (χ4n) is 3.51. The lowest BCUT2D eigenvalue weighted by Crippen LogP contribution is -2.25. The van der Waals surface area contributed by atoms with Gasteiger partial charge in [-0.1, -0.05) is 36.7 Å². The van der Waals surface area contributed by atoms with Gasteiger partial charge in [-0.15, -0.1) is 10.2 Å². The summed E-state index contributed by atoms with van der Waals surface area (Å²) in [6.07, 6.45) is 1.25. The van der Waals surface area contributed by atoms with Gasteiger partial charge in [-0.3, -0.25) is 4.79 Å². The van der Waals surface area contributed by atoms with Crippen molar-refractivity contribution in [2.45, 2.75) is 32.6 Å². The summed E-state index contributed by atoms with van der Waals surface area (Å²) in [5.41, 5.74) is 2.77. The third-order valence-corrected chi connectivity index (χ3v) is 4.90. The second kappa shape index (κ2) is 7.59. The number of nitrogens with one attached hydrogen (secondary N) is 1. The number of amides is 1. The number of hydrogen-bond donors (Lipinski definition) is 1. The Morgan fingerprint density at radius 2 is 2.07 bits per heavy atom. The highest BCUT2D eigenvalue weighted by atomic mass is 35.5. The Bertz CT molecular complexity index is 1020. The monoisotopic (exact) mass is 397 g/mol. The topological polar surface area (TPSA) is 81.9 Å². The molecule has 4 rings (SSSR count). The number of nitrogens with zero attached hydrogens (tertiary/aromatic N) is 4. The van der Waals surface area contributed by atoms with Gasteiger partial charge in [-0.25, -0.2) is 0 Å². The smallest absolute Gasteiger partial charge is 0.226 e. The number of hydrogen-bond acceptors (Lipinski definition) is 5. The Labute approximate surface area is 167 Å². The molecule has 7 nitrogen and oxygen atoms in total. The number of rotatable bonds is 5. The van der Waals surface area contributed by atoms with E-state index in [1.54, 1.807) is 16.8 Å². The van der Waals surface area contributed by atoms with Crippen molar-refractivity contribution in [3.05, 3.63) is 58.4 Å². The molecule has 0 bridgehead atoms. The Morgan fingerprint density at radius 3 is 2.82 bits per heavy atom. The van der Waals surface area contributed by atoms with Crippen LogP contribution in [0.3, 0.4) is 0 Å². The van der Waals surface area contributed by atoms with Gasteiger partial charge in [0.1, 0.15) is 11.6 Å². The highest BCUT2D eigenvalue weighted by Crippen LogP contribution is 2.42. The van der Waals surface area contributed by atoms with Gasteiger partial charge in [0.2, 0.25) is 5.91 Å². The highest BCUT2D eigenvalue weighted by molar-refractivity contribution is 6.29. The lowest BCUT2D eigenvalue weighted by molar-refractivity contribution is -0.116. The zero-order chi connectivity index (χ0) is 19.7. The molecule has 28 heavy (non-hydrogen) atoms. The molecule has 0 saturated carbocycles. The molecule has 0 spiro atoms. The number of benzene rings is 1. The SMILES string of the molecule is CCCOc1ccccc1C1CC(=O)Nc2c1c(C)nn2-c1ccc(Cl)nn1. The summed E-state index contributed by atoms with van der Waals surface area (Å²) >= 11 is 5.85. The molecule has 0 fully saturated rings. The average Bonchev–Trinajstić information content (AvgIpc) is 3.03. The molecule has 0 saturated heterocycles. The van der Waals surface area contributed by atoms with Crippen molar-refractivity contribution < 1.29 is 9.53 Å². The number of ether oxygens (including phenoxy) is 1. The van der Waals surface area contributed by atoms with Crippen LogP contribution in [0.1, 0.15) is 42.5 Å². The second-order valence-electron chi connectivity index (χ2n) is 6.66. The number of halogens is 1. The molecule has 1 N–H and O–H groups in total. The molecule has 8 heteroatoms. The summed E-state index contributed by atoms with van der Waals surface area (Å²) in [4.78, 5) is 12.5. The van der Waals surface area contributed by atoms with Crippen LogP contribution in [0.4, 0.5) is 5.82 Å². The van der Waals surface area contributed by atoms with Crippen molar-refractivity contribution in [3.63, 3.8) is 0 Å². The van der Waals surface area contributed by atoms with E-state index in [0.717, 1.165) is 29.0 Å². The van der Waals surface area contributed by atoms with Crippen molar-refractivity contribution in [3.8, 4) is 11.6 Å². The maximum Gasteiger partial charge on any atom is 0.226 e. The summed E-state index contributed by atoms with van der Waals surface area (Å²) in [5, 5.41) is 15.8. The van der Waals surface area contributed by atoms with E-state index >= 15 is 0 Å². The summed E-state index contributed by atoms with van der Waals surface area (Å²) in [7, 11) is 0. The minimum absolute atomic E-state index is 0.0779. The van der Waals surface area contributed by atoms with Gasteiger partial charge in [0.05, 0.1) is 12.3 Å². The standard InChI is InChI=1S/C20H20ClN5O2/c1-3-10-28-15-7-5-4-6-13(15)14-11-18(27)22-20-19(14)12(2)25-26(20)17-9-8-16(21)23-24-17/h4-9,14H,3,10-11H2,1-2H3,(H,22,27). The predicted molar refractivity (Wildman–Crippen MR) is 106 cm³/mol. The molecule has 1 aliphatic heterocycles. The maximum atomic E-state index is 12.5. The van der Waals surface area contributed by atoms with Gasteiger partial charge in [-0.05, 0) is 31.5 Å². The van der Waals surface area contributed by atoms with Gasteiger partial charge >= 0.3 is 0 Å². The molecular formula is C20H20ClN5O2. The van der Waals surface area contributed by atoms with E-state index in [-0.39, 0.29) is 11.8 Å². The van der Waals surface area contributed by atoms with E-state index in [0.29, 0.717) is 29.8 Å². The predicted octanol–water partition coefficient (Wildman–Crippen LogP) is 3.89. The molecule has 0 radical (unpaired) electrons. The minimum atomic E-state index is -0.147. The van der Waals surface area contributed by atoms with Crippen molar-refractivity contribution in [1.82, 2.24) is 20.0 Å². The number of aryl methyl sites for hydroxylation is 1. The first-order valence-electron chi connectivity index (χ1n) is 9.19. The van der Waals surface area contributed by atoms with E-state index in [2.05, 4.69) is 27.5 Å². The van der Waals surface area contributed by atoms with E-state index in [1.807, 2.05) is 31.2 Å². The van der Waals surface area contributed by atoms with Crippen LogP contribution in [0.15, 0.2) is 36.4 Å². The molecular weight excluding hydrogens is 378 g/mol. The van der Waals surface area contributed by atoms with Crippen LogP contribution in [0, 0.1) is 6.92 Å². The van der Waals surface area contributed by atoms with Crippen LogP contribution in [-0.4, -0.2) is 32.5 Å². The van der Waals surface area contributed by atoms with Crippen molar-refractivity contribution in [1.29, 1.82) is 0 Å². The summed E-state index contributed by atoms with van der Waals surface area (Å²) in [6, 6.07) is 11.2. The summed E-state index contributed by atoms with van der Waals surface area (Å²) in [5.74, 6) is 1.68. The number of fused-ring (bicyclic) bond motifs is 1. The summed E-state index contributed by atoms with van der Waals surface area (Å²) < 4.78 is 7.54. The minimum Gasteiger partial charge on any atom is -0.493 e. The molecule has 3 aromatic rings. The quantitative estimate of drug-likeness (QED) is 0.706. The van der Waals surface area contributed by atoms with Crippen LogP contribution < -0.4 is 10.1 Å². The van der Waals surface area contributed by atoms with Gasteiger partial charge in [0.15, 0.2) is 11.0 Å². The lowest BCUT2D eigenvalue weighted by atomic mass is 9.85. The molecule has 1 amide bonds. The van der Waals surface area contributed by atoms with Gasteiger partial charge in [-0.2, -0.15) is 9.78 Å². The molecule has 144 valence electrons. The lowest BCUT2D eigenvalue weighted by Gasteiger charge is -2.25. The molecule has 2 aromatic heterocycles. The zero-order valence-corrected chi connectivity index (χ0v) is 16.4.